The third-order valence-corrected chi connectivity index (χ3v) is 6.27. The minimum Gasteiger partial charge on any atom is -0.371 e. The van der Waals surface area contributed by atoms with Crippen molar-refractivity contribution in [3.8, 4) is 11.1 Å². The van der Waals surface area contributed by atoms with Crippen molar-refractivity contribution in [2.75, 3.05) is 18.0 Å². The lowest BCUT2D eigenvalue weighted by atomic mass is 9.90. The first kappa shape index (κ1) is 19.7. The summed E-state index contributed by atoms with van der Waals surface area (Å²) in [7, 11) is 0. The summed E-state index contributed by atoms with van der Waals surface area (Å²) >= 11 is 0. The number of benzene rings is 2. The lowest BCUT2D eigenvalue weighted by molar-refractivity contribution is 0.496. The van der Waals surface area contributed by atoms with E-state index in [0.717, 1.165) is 37.2 Å². The van der Waals surface area contributed by atoms with E-state index in [1.807, 2.05) is 19.1 Å². The highest BCUT2D eigenvalue weighted by atomic mass is 19.1. The summed E-state index contributed by atoms with van der Waals surface area (Å²) in [6.07, 6.45) is 4.02. The number of aromatic amines is 1. The number of anilines is 1. The van der Waals surface area contributed by atoms with Crippen LogP contribution in [-0.4, -0.2) is 23.1 Å². The Balaban J connectivity index is 1.65. The molecule has 0 bridgehead atoms. The number of halogens is 1. The molecule has 0 amide bonds. The van der Waals surface area contributed by atoms with E-state index in [2.05, 4.69) is 53.8 Å². The molecule has 0 radical (unpaired) electrons. The summed E-state index contributed by atoms with van der Waals surface area (Å²) in [4.78, 5) is 10.2. The van der Waals surface area contributed by atoms with Gasteiger partial charge in [-0.15, -0.1) is 0 Å². The van der Waals surface area contributed by atoms with Crippen LogP contribution in [0.5, 0.6) is 0 Å². The van der Waals surface area contributed by atoms with Crippen molar-refractivity contribution < 1.29 is 4.39 Å². The number of nitrogens with one attached hydrogen (secondary N) is 1. The number of hydrogen-bond donors (Lipinski definition) is 1. The number of rotatable bonds is 4. The highest BCUT2D eigenvalue weighted by Gasteiger charge is 2.25. The molecule has 1 aromatic heterocycles. The molecule has 0 saturated carbocycles. The molecular weight excluding hydrogens is 361 g/mol. The van der Waals surface area contributed by atoms with Gasteiger partial charge in [-0.05, 0) is 67.5 Å². The fourth-order valence-corrected chi connectivity index (χ4v) is 4.42. The third-order valence-electron chi connectivity index (χ3n) is 6.27. The summed E-state index contributed by atoms with van der Waals surface area (Å²) in [6.45, 7) is 10.4. The van der Waals surface area contributed by atoms with Gasteiger partial charge in [-0.3, -0.25) is 0 Å². The quantitative estimate of drug-likeness (QED) is 0.563. The average molecular weight is 392 g/mol. The van der Waals surface area contributed by atoms with Gasteiger partial charge in [0, 0.05) is 36.0 Å². The Hall–Kier alpha value is -2.62. The fourth-order valence-electron chi connectivity index (χ4n) is 4.42. The molecule has 4 rings (SSSR count). The smallest absolute Gasteiger partial charge is 0.126 e. The van der Waals surface area contributed by atoms with Gasteiger partial charge in [0.25, 0.3) is 0 Å². The Bertz CT molecular complexity index is 997. The lowest BCUT2D eigenvalue weighted by Gasteiger charge is -2.35. The second kappa shape index (κ2) is 8.02. The molecule has 0 atom stereocenters. The van der Waals surface area contributed by atoms with Crippen molar-refractivity contribution in [1.29, 1.82) is 0 Å². The van der Waals surface area contributed by atoms with E-state index < -0.39 is 0 Å². The summed E-state index contributed by atoms with van der Waals surface area (Å²) in [5, 5.41) is 0. The Labute approximate surface area is 173 Å². The Morgan fingerprint density at radius 3 is 2.45 bits per heavy atom. The van der Waals surface area contributed by atoms with E-state index >= 15 is 0 Å². The van der Waals surface area contributed by atoms with Crippen LogP contribution in [0.3, 0.4) is 0 Å². The molecule has 1 N–H and O–H groups in total. The Morgan fingerprint density at radius 2 is 1.83 bits per heavy atom. The first-order valence-electron chi connectivity index (χ1n) is 10.6. The Kier molecular flexibility index (Phi) is 5.44. The minimum absolute atomic E-state index is 0.148. The van der Waals surface area contributed by atoms with Crippen LogP contribution < -0.4 is 4.90 Å². The summed E-state index contributed by atoms with van der Waals surface area (Å²) in [5.74, 6) is 0.867. The topological polar surface area (TPSA) is 31.9 Å². The molecule has 152 valence electrons. The van der Waals surface area contributed by atoms with Gasteiger partial charge >= 0.3 is 0 Å². The van der Waals surface area contributed by atoms with Gasteiger partial charge in [0.1, 0.15) is 5.82 Å². The highest BCUT2D eigenvalue weighted by molar-refractivity contribution is 5.80. The summed E-state index contributed by atoms with van der Waals surface area (Å²) in [6, 6.07) is 12.2. The average Bonchev–Trinajstić information content (AvgIpc) is 3.15. The van der Waals surface area contributed by atoms with Crippen molar-refractivity contribution in [2.24, 2.45) is 0 Å². The van der Waals surface area contributed by atoms with Crippen LogP contribution in [0.1, 0.15) is 61.0 Å². The van der Waals surface area contributed by atoms with Crippen molar-refractivity contribution in [3.63, 3.8) is 0 Å². The SMILES string of the molecule is Cc1cc(-c2ccc(C(C)C)cc2N2CCC(c3[nH]cnc3C)CC2)ccc1F. The van der Waals surface area contributed by atoms with E-state index in [9.17, 15) is 4.39 Å². The lowest BCUT2D eigenvalue weighted by Crippen LogP contribution is -2.33. The fraction of sp³-hybridized carbons (Fsp3) is 0.400. The standard InChI is InChI=1S/C25H30FN3/c1-16(2)20-5-7-22(21-6-8-23(26)17(3)13-21)24(14-20)29-11-9-19(10-12-29)25-18(4)27-15-28-25/h5-8,13-16,19H,9-12H2,1-4H3,(H,27,28). The first-order chi connectivity index (χ1) is 13.9. The zero-order valence-electron chi connectivity index (χ0n) is 17.8. The van der Waals surface area contributed by atoms with Crippen LogP contribution in [-0.2, 0) is 0 Å². The van der Waals surface area contributed by atoms with Gasteiger partial charge in [0.05, 0.1) is 12.0 Å². The van der Waals surface area contributed by atoms with Gasteiger partial charge in [-0.1, -0.05) is 32.0 Å². The molecule has 1 aliphatic rings. The third kappa shape index (κ3) is 3.93. The van der Waals surface area contributed by atoms with Crippen molar-refractivity contribution in [1.82, 2.24) is 9.97 Å². The molecule has 1 fully saturated rings. The number of aromatic nitrogens is 2. The molecule has 0 spiro atoms. The predicted octanol–water partition coefficient (Wildman–Crippen LogP) is 6.34. The van der Waals surface area contributed by atoms with Crippen LogP contribution in [0.15, 0.2) is 42.7 Å². The van der Waals surface area contributed by atoms with Crippen LogP contribution in [0, 0.1) is 19.7 Å². The zero-order valence-corrected chi connectivity index (χ0v) is 17.8. The van der Waals surface area contributed by atoms with E-state index in [4.69, 9.17) is 0 Å². The molecule has 29 heavy (non-hydrogen) atoms. The van der Waals surface area contributed by atoms with E-state index in [1.165, 1.54) is 22.5 Å². The molecule has 3 nitrogen and oxygen atoms in total. The van der Waals surface area contributed by atoms with Gasteiger partial charge in [-0.2, -0.15) is 0 Å². The maximum atomic E-state index is 13.8. The zero-order chi connectivity index (χ0) is 20.5. The van der Waals surface area contributed by atoms with E-state index in [0.29, 0.717) is 17.4 Å². The maximum Gasteiger partial charge on any atom is 0.126 e. The number of imidazole rings is 1. The summed E-state index contributed by atoms with van der Waals surface area (Å²) in [5.41, 5.74) is 7.98. The molecule has 3 aromatic rings. The van der Waals surface area contributed by atoms with Gasteiger partial charge < -0.3 is 9.88 Å². The molecule has 1 saturated heterocycles. The van der Waals surface area contributed by atoms with Gasteiger partial charge in [-0.25, -0.2) is 9.37 Å². The van der Waals surface area contributed by atoms with E-state index in [-0.39, 0.29) is 5.82 Å². The maximum absolute atomic E-state index is 13.8. The number of piperidine rings is 1. The Morgan fingerprint density at radius 1 is 1.07 bits per heavy atom. The number of aryl methyl sites for hydroxylation is 2. The second-order valence-corrected chi connectivity index (χ2v) is 8.56. The number of nitrogens with zero attached hydrogens (tertiary/aromatic N) is 2. The van der Waals surface area contributed by atoms with Crippen LogP contribution in [0.2, 0.25) is 0 Å². The van der Waals surface area contributed by atoms with Gasteiger partial charge in [0.2, 0.25) is 0 Å². The molecule has 0 unspecified atom stereocenters. The number of hydrogen-bond acceptors (Lipinski definition) is 2. The molecule has 2 heterocycles. The predicted molar refractivity (Wildman–Crippen MR) is 118 cm³/mol. The first-order valence-corrected chi connectivity index (χ1v) is 10.6. The van der Waals surface area contributed by atoms with Crippen molar-refractivity contribution in [2.45, 2.75) is 52.4 Å². The molecule has 0 aliphatic carbocycles. The van der Waals surface area contributed by atoms with Gasteiger partial charge in [0.15, 0.2) is 0 Å². The van der Waals surface area contributed by atoms with Crippen LogP contribution >= 0.6 is 0 Å². The minimum atomic E-state index is -0.148. The number of H-pyrrole nitrogens is 1. The van der Waals surface area contributed by atoms with Crippen molar-refractivity contribution >= 4 is 5.69 Å². The van der Waals surface area contributed by atoms with E-state index in [1.54, 1.807) is 12.4 Å². The van der Waals surface area contributed by atoms with Crippen LogP contribution in [0.4, 0.5) is 10.1 Å². The molecule has 1 aliphatic heterocycles. The molecular formula is C25H30FN3. The largest absolute Gasteiger partial charge is 0.371 e. The highest BCUT2D eigenvalue weighted by Crippen LogP contribution is 2.38. The monoisotopic (exact) mass is 391 g/mol. The van der Waals surface area contributed by atoms with Crippen LogP contribution in [0.25, 0.3) is 11.1 Å². The second-order valence-electron chi connectivity index (χ2n) is 8.56. The normalized spacial score (nSPS) is 15.3. The summed E-state index contributed by atoms with van der Waals surface area (Å²) < 4.78 is 13.8. The van der Waals surface area contributed by atoms with Crippen molar-refractivity contribution in [3.05, 3.63) is 71.1 Å². The molecule has 2 aromatic carbocycles. The molecule has 4 heteroatoms.